The van der Waals surface area contributed by atoms with Crippen molar-refractivity contribution in [3.63, 3.8) is 0 Å². The molecule has 180 valence electrons. The zero-order valence-corrected chi connectivity index (χ0v) is 20.4. The first-order chi connectivity index (χ1) is 16.3. The maximum absolute atomic E-state index is 12.3. The molecular weight excluding hydrogens is 428 g/mol. The standard InChI is InChI=1S/C26H34N6O2/c1-26(2,3)22-16-24(31-34-22)30-25(33)29-20-10-7-18(8-11-20)19-9-12-23(28-17-19)27-14-13-21-6-5-15-32(21)4/h7-12,16-17,21H,5-6,13-15H2,1-4H3,(H,27,28)(H2,29,30,31,33). The molecule has 2 amide bonds. The van der Waals surface area contributed by atoms with E-state index in [1.165, 1.54) is 19.4 Å². The third-order valence-electron chi connectivity index (χ3n) is 6.19. The molecule has 4 rings (SSSR count). The summed E-state index contributed by atoms with van der Waals surface area (Å²) in [6.07, 6.45) is 5.59. The average molecular weight is 463 g/mol. The molecule has 1 fully saturated rings. The van der Waals surface area contributed by atoms with Crippen LogP contribution in [0.5, 0.6) is 0 Å². The minimum Gasteiger partial charge on any atom is -0.370 e. The van der Waals surface area contributed by atoms with E-state index in [1.807, 2.05) is 57.3 Å². The van der Waals surface area contributed by atoms with Crippen molar-refractivity contribution in [3.05, 3.63) is 54.4 Å². The van der Waals surface area contributed by atoms with Crippen molar-refractivity contribution in [3.8, 4) is 11.1 Å². The van der Waals surface area contributed by atoms with Crippen LogP contribution in [0.1, 0.15) is 45.8 Å². The molecule has 2 aromatic heterocycles. The largest absolute Gasteiger partial charge is 0.370 e. The highest BCUT2D eigenvalue weighted by molar-refractivity contribution is 5.99. The number of nitrogens with zero attached hydrogens (tertiary/aromatic N) is 3. The number of hydrogen-bond acceptors (Lipinski definition) is 6. The second-order valence-corrected chi connectivity index (χ2v) is 9.91. The van der Waals surface area contributed by atoms with Gasteiger partial charge in [0.25, 0.3) is 0 Å². The Morgan fingerprint density at radius 2 is 1.85 bits per heavy atom. The number of urea groups is 1. The summed E-state index contributed by atoms with van der Waals surface area (Å²) in [7, 11) is 2.21. The van der Waals surface area contributed by atoms with Gasteiger partial charge < -0.3 is 20.1 Å². The van der Waals surface area contributed by atoms with E-state index in [0.29, 0.717) is 23.3 Å². The van der Waals surface area contributed by atoms with Crippen molar-refractivity contribution in [1.29, 1.82) is 0 Å². The van der Waals surface area contributed by atoms with Crippen LogP contribution in [0.2, 0.25) is 0 Å². The number of benzene rings is 1. The van der Waals surface area contributed by atoms with Gasteiger partial charge >= 0.3 is 6.03 Å². The number of likely N-dealkylation sites (tertiary alicyclic amines) is 1. The number of rotatable bonds is 7. The quantitative estimate of drug-likeness (QED) is 0.425. The minimum atomic E-state index is -0.373. The van der Waals surface area contributed by atoms with E-state index in [0.717, 1.165) is 29.9 Å². The highest BCUT2D eigenvalue weighted by Gasteiger charge is 2.21. The van der Waals surface area contributed by atoms with Gasteiger partial charge in [-0.3, -0.25) is 5.32 Å². The number of carbonyl (C=O) groups is 1. The fourth-order valence-electron chi connectivity index (χ4n) is 4.09. The first-order valence-corrected chi connectivity index (χ1v) is 11.8. The lowest BCUT2D eigenvalue weighted by atomic mass is 9.93. The molecule has 1 aliphatic rings. The Bertz CT molecular complexity index is 1090. The van der Waals surface area contributed by atoms with E-state index in [-0.39, 0.29) is 11.4 Å². The first kappa shape index (κ1) is 23.8. The Kier molecular flexibility index (Phi) is 7.17. The van der Waals surface area contributed by atoms with Gasteiger partial charge in [0, 0.05) is 41.5 Å². The second-order valence-electron chi connectivity index (χ2n) is 9.91. The monoisotopic (exact) mass is 462 g/mol. The van der Waals surface area contributed by atoms with Crippen LogP contribution in [0.25, 0.3) is 11.1 Å². The summed E-state index contributed by atoms with van der Waals surface area (Å²) in [6.45, 7) is 8.20. The minimum absolute atomic E-state index is 0.172. The molecule has 1 aromatic carbocycles. The van der Waals surface area contributed by atoms with Gasteiger partial charge in [-0.2, -0.15) is 0 Å². The zero-order chi connectivity index (χ0) is 24.1. The van der Waals surface area contributed by atoms with Crippen molar-refractivity contribution < 1.29 is 9.32 Å². The summed E-state index contributed by atoms with van der Waals surface area (Å²) in [5.41, 5.74) is 2.57. The average Bonchev–Trinajstić information content (AvgIpc) is 3.44. The highest BCUT2D eigenvalue weighted by atomic mass is 16.5. The van der Waals surface area contributed by atoms with E-state index >= 15 is 0 Å². The Labute approximate surface area is 201 Å². The number of hydrogen-bond donors (Lipinski definition) is 3. The van der Waals surface area contributed by atoms with Crippen LogP contribution in [0.15, 0.2) is 53.2 Å². The summed E-state index contributed by atoms with van der Waals surface area (Å²) >= 11 is 0. The molecule has 1 atom stereocenters. The predicted molar refractivity (Wildman–Crippen MR) is 136 cm³/mol. The van der Waals surface area contributed by atoms with Crippen molar-refractivity contribution in [2.45, 2.75) is 51.5 Å². The van der Waals surface area contributed by atoms with Crippen molar-refractivity contribution >= 4 is 23.4 Å². The number of carbonyl (C=O) groups excluding carboxylic acids is 1. The number of anilines is 3. The topological polar surface area (TPSA) is 95.3 Å². The molecule has 3 heterocycles. The molecule has 1 unspecified atom stereocenters. The number of nitrogens with one attached hydrogen (secondary N) is 3. The van der Waals surface area contributed by atoms with Crippen LogP contribution in [-0.2, 0) is 5.41 Å². The summed E-state index contributed by atoms with van der Waals surface area (Å²) in [5, 5.41) is 12.8. The van der Waals surface area contributed by atoms with Crippen LogP contribution in [0.4, 0.5) is 22.1 Å². The Morgan fingerprint density at radius 3 is 2.47 bits per heavy atom. The number of aromatic nitrogens is 2. The fourth-order valence-corrected chi connectivity index (χ4v) is 4.09. The van der Waals surface area contributed by atoms with E-state index in [2.05, 4.69) is 44.1 Å². The van der Waals surface area contributed by atoms with Gasteiger partial charge in [0.1, 0.15) is 11.6 Å². The van der Waals surface area contributed by atoms with Crippen LogP contribution >= 0.6 is 0 Å². The smallest absolute Gasteiger partial charge is 0.324 e. The predicted octanol–water partition coefficient (Wildman–Crippen LogP) is 5.57. The molecule has 0 radical (unpaired) electrons. The van der Waals surface area contributed by atoms with Gasteiger partial charge in [0.15, 0.2) is 5.82 Å². The lowest BCUT2D eigenvalue weighted by Gasteiger charge is -2.19. The zero-order valence-electron chi connectivity index (χ0n) is 20.4. The van der Waals surface area contributed by atoms with Crippen molar-refractivity contribution in [2.75, 3.05) is 36.1 Å². The summed E-state index contributed by atoms with van der Waals surface area (Å²) in [6, 6.07) is 13.8. The third-order valence-corrected chi connectivity index (χ3v) is 6.19. The fraction of sp³-hybridized carbons (Fsp3) is 0.423. The Balaban J connectivity index is 1.27. The molecule has 1 saturated heterocycles. The van der Waals surface area contributed by atoms with Crippen molar-refractivity contribution in [1.82, 2.24) is 15.0 Å². The molecular formula is C26H34N6O2. The van der Waals surface area contributed by atoms with Gasteiger partial charge in [-0.05, 0) is 62.7 Å². The van der Waals surface area contributed by atoms with Crippen LogP contribution in [-0.4, -0.2) is 47.3 Å². The summed E-state index contributed by atoms with van der Waals surface area (Å²) in [5.74, 6) is 1.99. The first-order valence-electron chi connectivity index (χ1n) is 11.8. The van der Waals surface area contributed by atoms with E-state index in [4.69, 9.17) is 4.52 Å². The molecule has 0 bridgehead atoms. The van der Waals surface area contributed by atoms with E-state index in [1.54, 1.807) is 6.07 Å². The van der Waals surface area contributed by atoms with Gasteiger partial charge in [-0.15, -0.1) is 0 Å². The van der Waals surface area contributed by atoms with Gasteiger partial charge in [0.05, 0.1) is 0 Å². The Hall–Kier alpha value is -3.39. The molecule has 0 spiro atoms. The molecule has 8 nitrogen and oxygen atoms in total. The molecule has 0 saturated carbocycles. The molecule has 3 aromatic rings. The van der Waals surface area contributed by atoms with Gasteiger partial charge in [-0.1, -0.05) is 38.1 Å². The molecule has 0 aliphatic carbocycles. The van der Waals surface area contributed by atoms with Crippen LogP contribution in [0, 0.1) is 0 Å². The van der Waals surface area contributed by atoms with Gasteiger partial charge in [0.2, 0.25) is 0 Å². The lowest BCUT2D eigenvalue weighted by Crippen LogP contribution is -2.27. The third kappa shape index (κ3) is 6.14. The van der Waals surface area contributed by atoms with Crippen LogP contribution < -0.4 is 16.0 Å². The normalized spacial score (nSPS) is 16.4. The maximum atomic E-state index is 12.3. The second kappa shape index (κ2) is 10.3. The van der Waals surface area contributed by atoms with Gasteiger partial charge in [-0.25, -0.2) is 9.78 Å². The molecule has 1 aliphatic heterocycles. The van der Waals surface area contributed by atoms with Crippen molar-refractivity contribution in [2.24, 2.45) is 0 Å². The summed E-state index contributed by atoms with van der Waals surface area (Å²) < 4.78 is 5.30. The highest BCUT2D eigenvalue weighted by Crippen LogP contribution is 2.25. The number of amides is 2. The molecule has 3 N–H and O–H groups in total. The molecule has 8 heteroatoms. The maximum Gasteiger partial charge on any atom is 0.324 e. The number of pyridine rings is 1. The van der Waals surface area contributed by atoms with Crippen LogP contribution in [0.3, 0.4) is 0 Å². The Morgan fingerprint density at radius 1 is 1.09 bits per heavy atom. The van der Waals surface area contributed by atoms with E-state index in [9.17, 15) is 4.79 Å². The molecule has 34 heavy (non-hydrogen) atoms. The lowest BCUT2D eigenvalue weighted by molar-refractivity contribution is 0.262. The summed E-state index contributed by atoms with van der Waals surface area (Å²) in [4.78, 5) is 19.3. The SMILES string of the molecule is CN1CCCC1CCNc1ccc(-c2ccc(NC(=O)Nc3cc(C(C)(C)C)on3)cc2)cn1. The van der Waals surface area contributed by atoms with E-state index < -0.39 is 0 Å².